The molecule has 0 saturated carbocycles. The first kappa shape index (κ1) is 9.19. The zero-order valence-electron chi connectivity index (χ0n) is 7.59. The molecule has 4 heteroatoms. The minimum absolute atomic E-state index is 0.234. The Morgan fingerprint density at radius 2 is 2.18 bits per heavy atom. The molecule has 1 fully saturated rings. The van der Waals surface area contributed by atoms with Gasteiger partial charge in [-0.05, 0) is 19.3 Å². The van der Waals surface area contributed by atoms with E-state index in [1.165, 1.54) is 12.8 Å². The van der Waals surface area contributed by atoms with E-state index in [2.05, 4.69) is 0 Å². The summed E-state index contributed by atoms with van der Waals surface area (Å²) in [6.45, 7) is 0.858. The maximum atomic E-state index is 5.57. The summed E-state index contributed by atoms with van der Waals surface area (Å²) in [5.41, 5.74) is -0.234. The molecule has 0 amide bonds. The van der Waals surface area contributed by atoms with E-state index in [1.807, 2.05) is 14.1 Å². The molecule has 1 saturated heterocycles. The van der Waals surface area contributed by atoms with Crippen LogP contribution in [0.25, 0.3) is 0 Å². The van der Waals surface area contributed by atoms with Crippen LogP contribution in [0.15, 0.2) is 0 Å². The Morgan fingerprint density at radius 3 is 2.64 bits per heavy atom. The van der Waals surface area contributed by atoms with Crippen LogP contribution in [0.2, 0.25) is 0 Å². The summed E-state index contributed by atoms with van der Waals surface area (Å²) >= 11 is 0. The van der Waals surface area contributed by atoms with E-state index < -0.39 is 0 Å². The van der Waals surface area contributed by atoms with Crippen LogP contribution in [0.5, 0.6) is 0 Å². The van der Waals surface area contributed by atoms with E-state index in [0.29, 0.717) is 0 Å². The molecule has 0 aromatic heterocycles. The van der Waals surface area contributed by atoms with Gasteiger partial charge in [-0.15, -0.1) is 0 Å². The van der Waals surface area contributed by atoms with Crippen LogP contribution in [-0.4, -0.2) is 41.4 Å². The van der Waals surface area contributed by atoms with Crippen LogP contribution >= 0.6 is 0 Å². The molecule has 0 aliphatic carbocycles. The Labute approximate surface area is 71.0 Å². The third-order valence-corrected chi connectivity index (χ3v) is 2.78. The SMILES string of the molecule is CN(C)OC1([SiH3])CCCCO1. The lowest BCUT2D eigenvalue weighted by atomic mass is 10.2. The molecule has 0 aromatic carbocycles. The Balaban J connectivity index is 2.37. The number of hydrogen-bond donors (Lipinski definition) is 0. The average molecular weight is 175 g/mol. The topological polar surface area (TPSA) is 21.7 Å². The second kappa shape index (κ2) is 3.67. The molecule has 0 spiro atoms. The summed E-state index contributed by atoms with van der Waals surface area (Å²) in [5.74, 6) is 0. The lowest BCUT2D eigenvalue weighted by molar-refractivity contribution is -0.299. The second-order valence-corrected chi connectivity index (χ2v) is 4.87. The first-order chi connectivity index (χ1) is 5.12. The zero-order chi connectivity index (χ0) is 8.32. The third-order valence-electron chi connectivity index (χ3n) is 1.81. The Kier molecular flexibility index (Phi) is 3.06. The zero-order valence-corrected chi connectivity index (χ0v) is 9.59. The number of ether oxygens (including phenoxy) is 1. The molecule has 1 atom stereocenters. The molecule has 1 aliphatic rings. The number of rotatable bonds is 2. The summed E-state index contributed by atoms with van der Waals surface area (Å²) in [6.07, 6.45) is 3.47. The van der Waals surface area contributed by atoms with E-state index in [1.54, 1.807) is 5.06 Å². The fourth-order valence-electron chi connectivity index (χ4n) is 1.37. The molecule has 1 unspecified atom stereocenters. The monoisotopic (exact) mass is 175 g/mol. The van der Waals surface area contributed by atoms with Crippen molar-refractivity contribution in [3.8, 4) is 0 Å². The van der Waals surface area contributed by atoms with Gasteiger partial charge in [0.25, 0.3) is 0 Å². The van der Waals surface area contributed by atoms with Crippen LogP contribution in [0.3, 0.4) is 0 Å². The minimum Gasteiger partial charge on any atom is -0.353 e. The molecular weight excluding hydrogens is 158 g/mol. The van der Waals surface area contributed by atoms with E-state index >= 15 is 0 Å². The lowest BCUT2D eigenvalue weighted by Gasteiger charge is -2.35. The average Bonchev–Trinajstić information content (AvgIpc) is 1.85. The molecule has 3 nitrogen and oxygen atoms in total. The Bertz CT molecular complexity index is 124. The largest absolute Gasteiger partial charge is 0.353 e. The van der Waals surface area contributed by atoms with Gasteiger partial charge in [0.1, 0.15) is 0 Å². The summed E-state index contributed by atoms with van der Waals surface area (Å²) in [7, 11) is 4.74. The molecular formula is C7H17NO2Si. The highest BCUT2D eigenvalue weighted by Crippen LogP contribution is 2.22. The van der Waals surface area contributed by atoms with Crippen LogP contribution in [0, 0.1) is 0 Å². The van der Waals surface area contributed by atoms with Crippen molar-refractivity contribution in [2.45, 2.75) is 24.7 Å². The third kappa shape index (κ3) is 2.90. The van der Waals surface area contributed by atoms with Crippen molar-refractivity contribution in [1.82, 2.24) is 5.06 Å². The van der Waals surface area contributed by atoms with Crippen molar-refractivity contribution in [1.29, 1.82) is 0 Å². The molecule has 0 N–H and O–H groups in total. The molecule has 0 bridgehead atoms. The maximum absolute atomic E-state index is 5.57. The highest BCUT2D eigenvalue weighted by atomic mass is 28.1. The van der Waals surface area contributed by atoms with Crippen LogP contribution < -0.4 is 0 Å². The van der Waals surface area contributed by atoms with Gasteiger partial charge < -0.3 is 4.74 Å². The van der Waals surface area contributed by atoms with Gasteiger partial charge in [-0.1, -0.05) is 0 Å². The van der Waals surface area contributed by atoms with Gasteiger partial charge in [-0.3, -0.25) is 4.84 Å². The smallest absolute Gasteiger partial charge is 0.160 e. The normalized spacial score (nSPS) is 33.0. The van der Waals surface area contributed by atoms with E-state index in [0.717, 1.165) is 23.3 Å². The number of hydroxylamine groups is 2. The highest BCUT2D eigenvalue weighted by Gasteiger charge is 2.29. The van der Waals surface area contributed by atoms with Gasteiger partial charge in [0.2, 0.25) is 0 Å². The standard InChI is InChI=1S/C7H17NO2Si/c1-8(2)10-7(11)5-3-4-6-9-7/h3-6H2,1-2,11H3. The predicted molar refractivity (Wildman–Crippen MR) is 47.2 cm³/mol. The Morgan fingerprint density at radius 1 is 1.45 bits per heavy atom. The van der Waals surface area contributed by atoms with E-state index in [-0.39, 0.29) is 5.41 Å². The quantitative estimate of drug-likeness (QED) is 0.425. The van der Waals surface area contributed by atoms with E-state index in [4.69, 9.17) is 9.57 Å². The van der Waals surface area contributed by atoms with Gasteiger partial charge in [-0.2, -0.15) is 5.06 Å². The number of hydrogen-bond acceptors (Lipinski definition) is 3. The molecule has 0 aromatic rings. The van der Waals surface area contributed by atoms with Crippen molar-refractivity contribution in [3.63, 3.8) is 0 Å². The first-order valence-corrected chi connectivity index (χ1v) is 5.13. The summed E-state index contributed by atoms with van der Waals surface area (Å²) < 4.78 is 5.57. The van der Waals surface area contributed by atoms with E-state index in [9.17, 15) is 0 Å². The minimum atomic E-state index is -0.234. The summed E-state index contributed by atoms with van der Waals surface area (Å²) in [5, 5.41) is 1.73. The van der Waals surface area contributed by atoms with Crippen LogP contribution in [0.4, 0.5) is 0 Å². The van der Waals surface area contributed by atoms with Gasteiger partial charge in [0.05, 0.1) is 10.2 Å². The summed E-state index contributed by atoms with van der Waals surface area (Å²) in [4.78, 5) is 5.55. The Hall–Kier alpha value is 0.0969. The van der Waals surface area contributed by atoms with Crippen molar-refractivity contribution in [2.75, 3.05) is 20.7 Å². The molecule has 1 aliphatic heterocycles. The fourth-order valence-corrected chi connectivity index (χ4v) is 2.29. The van der Waals surface area contributed by atoms with Gasteiger partial charge in [0.15, 0.2) is 5.41 Å². The maximum Gasteiger partial charge on any atom is 0.160 e. The van der Waals surface area contributed by atoms with Gasteiger partial charge >= 0.3 is 0 Å². The summed E-state index contributed by atoms with van der Waals surface area (Å²) in [6, 6.07) is 0. The molecule has 66 valence electrons. The first-order valence-electron chi connectivity index (χ1n) is 4.13. The molecule has 1 rings (SSSR count). The lowest BCUT2D eigenvalue weighted by Crippen LogP contribution is -2.43. The van der Waals surface area contributed by atoms with Gasteiger partial charge in [0, 0.05) is 20.7 Å². The second-order valence-electron chi connectivity index (χ2n) is 3.34. The van der Waals surface area contributed by atoms with Crippen LogP contribution in [0.1, 0.15) is 19.3 Å². The van der Waals surface area contributed by atoms with Crippen molar-refractivity contribution in [2.24, 2.45) is 0 Å². The fraction of sp³-hybridized carbons (Fsp3) is 1.00. The van der Waals surface area contributed by atoms with Crippen LogP contribution in [-0.2, 0) is 9.57 Å². The van der Waals surface area contributed by atoms with Gasteiger partial charge in [-0.25, -0.2) is 0 Å². The highest BCUT2D eigenvalue weighted by molar-refractivity contribution is 6.13. The molecule has 11 heavy (non-hydrogen) atoms. The number of nitrogens with zero attached hydrogens (tertiary/aromatic N) is 1. The molecule has 0 radical (unpaired) electrons. The van der Waals surface area contributed by atoms with Crippen molar-refractivity contribution < 1.29 is 9.57 Å². The van der Waals surface area contributed by atoms with Crippen molar-refractivity contribution >= 4 is 10.2 Å². The predicted octanol–water partition coefficient (Wildman–Crippen LogP) is -0.301. The van der Waals surface area contributed by atoms with Crippen molar-refractivity contribution in [3.05, 3.63) is 0 Å². The molecule has 1 heterocycles.